The first kappa shape index (κ1) is 24.8. The Morgan fingerprint density at radius 2 is 1.25 bits per heavy atom. The van der Waals surface area contributed by atoms with Crippen LogP contribution in [0.4, 0.5) is 0 Å². The Hall–Kier alpha value is 2.59. The van der Waals surface area contributed by atoms with Gasteiger partial charge < -0.3 is 33.5 Å². The molecule has 116 valence electrons. The second-order valence-electron chi connectivity index (χ2n) is 4.29. The quantitative estimate of drug-likeness (QED) is 0.204. The third-order valence-corrected chi connectivity index (χ3v) is 3.66. The number of nitrogens with zero attached hydrogens (tertiary/aromatic N) is 2. The Kier molecular flexibility index (Phi) is 22.3. The minimum atomic E-state index is 0. The number of halogens is 3. The number of rotatable bonds is 4. The van der Waals surface area contributed by atoms with Crippen LogP contribution < -0.4 is 53.5 Å². The SMILES string of the molecule is ClCCN1CCOCC1.ICCN1CCOCC1.[I-].[Na+]. The fourth-order valence-corrected chi connectivity index (χ4v) is 2.81. The van der Waals surface area contributed by atoms with Gasteiger partial charge in [0.1, 0.15) is 0 Å². The van der Waals surface area contributed by atoms with E-state index in [1.165, 1.54) is 11.0 Å². The van der Waals surface area contributed by atoms with Crippen molar-refractivity contribution in [3.8, 4) is 0 Å². The number of morpholine rings is 2. The van der Waals surface area contributed by atoms with Crippen molar-refractivity contribution in [2.75, 3.05) is 76.0 Å². The van der Waals surface area contributed by atoms with Gasteiger partial charge in [-0.25, -0.2) is 0 Å². The molecule has 0 aromatic rings. The monoisotopic (exact) mass is 540 g/mol. The molecule has 0 atom stereocenters. The second-order valence-corrected chi connectivity index (χ2v) is 5.74. The Morgan fingerprint density at radius 3 is 1.60 bits per heavy atom. The number of alkyl halides is 2. The maximum absolute atomic E-state index is 5.55. The van der Waals surface area contributed by atoms with Gasteiger partial charge in [-0.1, -0.05) is 22.6 Å². The van der Waals surface area contributed by atoms with Crippen molar-refractivity contribution in [2.45, 2.75) is 0 Å². The molecule has 2 aliphatic rings. The van der Waals surface area contributed by atoms with Crippen molar-refractivity contribution >= 4 is 34.2 Å². The van der Waals surface area contributed by atoms with Gasteiger partial charge in [0.2, 0.25) is 0 Å². The average Bonchev–Trinajstić information content (AvgIpc) is 2.43. The van der Waals surface area contributed by atoms with Gasteiger partial charge in [0.05, 0.1) is 26.4 Å². The van der Waals surface area contributed by atoms with E-state index < -0.39 is 0 Å². The van der Waals surface area contributed by atoms with Crippen LogP contribution in [0.2, 0.25) is 0 Å². The van der Waals surface area contributed by atoms with Gasteiger partial charge >= 0.3 is 29.6 Å². The van der Waals surface area contributed by atoms with Crippen LogP contribution in [0, 0.1) is 0 Å². The van der Waals surface area contributed by atoms with Crippen molar-refractivity contribution in [3.63, 3.8) is 0 Å². The molecular weight excluding hydrogens is 516 g/mol. The second kappa shape index (κ2) is 17.9. The molecule has 2 heterocycles. The van der Waals surface area contributed by atoms with Crippen LogP contribution in [0.3, 0.4) is 0 Å². The molecular formula is C12H24ClI2N2NaO2. The molecule has 2 fully saturated rings. The van der Waals surface area contributed by atoms with E-state index in [9.17, 15) is 0 Å². The largest absolute Gasteiger partial charge is 1.00 e. The molecule has 0 spiro atoms. The molecule has 20 heavy (non-hydrogen) atoms. The Balaban J connectivity index is 0. The van der Waals surface area contributed by atoms with Crippen molar-refractivity contribution in [1.82, 2.24) is 9.80 Å². The maximum Gasteiger partial charge on any atom is 1.00 e. The van der Waals surface area contributed by atoms with Gasteiger partial charge in [0.25, 0.3) is 0 Å². The molecule has 2 aliphatic heterocycles. The minimum Gasteiger partial charge on any atom is -1.00 e. The number of hydrogen-bond donors (Lipinski definition) is 0. The van der Waals surface area contributed by atoms with E-state index in [2.05, 4.69) is 32.4 Å². The fraction of sp³-hybridized carbons (Fsp3) is 1.00. The minimum absolute atomic E-state index is 0. The van der Waals surface area contributed by atoms with Crippen LogP contribution in [-0.4, -0.2) is 85.8 Å². The first-order chi connectivity index (χ1) is 8.86. The zero-order valence-electron chi connectivity index (χ0n) is 12.3. The Labute approximate surface area is 181 Å². The van der Waals surface area contributed by atoms with E-state index in [0.29, 0.717) is 0 Å². The Morgan fingerprint density at radius 1 is 0.850 bits per heavy atom. The van der Waals surface area contributed by atoms with Crippen LogP contribution in [0.5, 0.6) is 0 Å². The summed E-state index contributed by atoms with van der Waals surface area (Å²) >= 11 is 7.96. The summed E-state index contributed by atoms with van der Waals surface area (Å²) in [5.74, 6) is 0.736. The summed E-state index contributed by atoms with van der Waals surface area (Å²) in [5, 5.41) is 0. The topological polar surface area (TPSA) is 24.9 Å². The zero-order valence-corrected chi connectivity index (χ0v) is 19.4. The first-order valence-corrected chi connectivity index (χ1v) is 8.65. The average molecular weight is 541 g/mol. The van der Waals surface area contributed by atoms with Gasteiger partial charge in [0, 0.05) is 49.6 Å². The summed E-state index contributed by atoms with van der Waals surface area (Å²) in [5.41, 5.74) is 0. The third-order valence-electron chi connectivity index (χ3n) is 3.01. The molecule has 0 radical (unpaired) electrons. The fourth-order valence-electron chi connectivity index (χ4n) is 1.89. The summed E-state index contributed by atoms with van der Waals surface area (Å²) in [6.45, 7) is 10.2. The van der Waals surface area contributed by atoms with Crippen molar-refractivity contribution < 1.29 is 63.0 Å². The predicted molar refractivity (Wildman–Crippen MR) is 84.1 cm³/mol. The van der Waals surface area contributed by atoms with Crippen LogP contribution in [-0.2, 0) is 9.47 Å². The van der Waals surface area contributed by atoms with Crippen LogP contribution in [0.25, 0.3) is 0 Å². The van der Waals surface area contributed by atoms with Gasteiger partial charge in [-0.3, -0.25) is 9.80 Å². The van der Waals surface area contributed by atoms with Crippen molar-refractivity contribution in [3.05, 3.63) is 0 Å². The molecule has 0 amide bonds. The summed E-state index contributed by atoms with van der Waals surface area (Å²) in [4.78, 5) is 4.76. The van der Waals surface area contributed by atoms with E-state index in [4.69, 9.17) is 21.1 Å². The smallest absolute Gasteiger partial charge is 1.00 e. The Bertz CT molecular complexity index is 173. The molecule has 0 aromatic heterocycles. The van der Waals surface area contributed by atoms with Gasteiger partial charge in [-0.15, -0.1) is 11.6 Å². The molecule has 8 heteroatoms. The van der Waals surface area contributed by atoms with Crippen LogP contribution in [0.1, 0.15) is 0 Å². The van der Waals surface area contributed by atoms with E-state index in [-0.39, 0.29) is 53.5 Å². The molecule has 2 rings (SSSR count). The van der Waals surface area contributed by atoms with Gasteiger partial charge in [-0.2, -0.15) is 0 Å². The van der Waals surface area contributed by atoms with E-state index >= 15 is 0 Å². The zero-order chi connectivity index (χ0) is 13.1. The van der Waals surface area contributed by atoms with E-state index in [0.717, 1.165) is 65.0 Å². The molecule has 0 N–H and O–H groups in total. The van der Waals surface area contributed by atoms with E-state index in [1.54, 1.807) is 0 Å². The third kappa shape index (κ3) is 13.1. The predicted octanol–water partition coefficient (Wildman–Crippen LogP) is -4.68. The van der Waals surface area contributed by atoms with Crippen LogP contribution >= 0.6 is 34.2 Å². The van der Waals surface area contributed by atoms with Crippen LogP contribution in [0.15, 0.2) is 0 Å². The van der Waals surface area contributed by atoms with Crippen molar-refractivity contribution in [2.24, 2.45) is 0 Å². The summed E-state index contributed by atoms with van der Waals surface area (Å²) in [7, 11) is 0. The van der Waals surface area contributed by atoms with Gasteiger partial charge in [0.15, 0.2) is 0 Å². The standard InChI is InChI=1S/C6H12ClNO.C6H12INO.HI.Na/c2*7-1-2-8-3-5-9-6-4-8;;/h2*1-6H2;1H;/q;;;+1/p-1. The summed E-state index contributed by atoms with van der Waals surface area (Å²) < 4.78 is 11.6. The summed E-state index contributed by atoms with van der Waals surface area (Å²) in [6.07, 6.45) is 0. The summed E-state index contributed by atoms with van der Waals surface area (Å²) in [6, 6.07) is 0. The number of hydrogen-bond acceptors (Lipinski definition) is 4. The van der Waals surface area contributed by atoms with E-state index in [1.807, 2.05) is 0 Å². The first-order valence-electron chi connectivity index (χ1n) is 6.59. The molecule has 0 saturated carbocycles. The normalized spacial score (nSPS) is 20.1. The van der Waals surface area contributed by atoms with Gasteiger partial charge in [-0.05, 0) is 0 Å². The molecule has 0 bridgehead atoms. The van der Waals surface area contributed by atoms with Crippen molar-refractivity contribution in [1.29, 1.82) is 0 Å². The molecule has 0 aromatic carbocycles. The molecule has 2 saturated heterocycles. The maximum atomic E-state index is 5.55. The number of ether oxygens (including phenoxy) is 2. The molecule has 0 aliphatic carbocycles. The molecule has 4 nitrogen and oxygen atoms in total. The molecule has 0 unspecified atom stereocenters.